The summed E-state index contributed by atoms with van der Waals surface area (Å²) in [7, 11) is 0. The SMILES string of the molecule is Cc1ncc(-c2ccc3cn([C@H]4CC[C@H](CNC(=O)c5cc(F)c(O)c(F)c5)CC4)nc3c2)s1. The third-order valence-electron chi connectivity index (χ3n) is 6.45. The van der Waals surface area contributed by atoms with Crippen LogP contribution in [0.4, 0.5) is 8.78 Å². The molecule has 0 spiro atoms. The van der Waals surface area contributed by atoms with Gasteiger partial charge in [0.2, 0.25) is 0 Å². The van der Waals surface area contributed by atoms with E-state index < -0.39 is 23.3 Å². The van der Waals surface area contributed by atoms with Crippen molar-refractivity contribution in [3.05, 3.63) is 64.9 Å². The minimum atomic E-state index is -1.15. The van der Waals surface area contributed by atoms with E-state index in [1.54, 1.807) is 11.3 Å². The Morgan fingerprint density at radius 1 is 1.18 bits per heavy atom. The molecule has 176 valence electrons. The first-order chi connectivity index (χ1) is 16.4. The summed E-state index contributed by atoms with van der Waals surface area (Å²) in [6.45, 7) is 2.44. The molecule has 5 rings (SSSR count). The standard InChI is InChI=1S/C25H24F2N4O2S/c1-14-28-12-23(34-14)16-4-5-17-13-31(30-22(17)10-16)19-6-2-15(3-7-19)11-29-25(33)18-8-20(26)24(32)21(27)9-18/h4-5,8-10,12-13,15,19,32H,2-3,6-7,11H2,1H3,(H,29,33)/t15-,19-. The maximum absolute atomic E-state index is 13.5. The molecule has 4 aromatic rings. The smallest absolute Gasteiger partial charge is 0.251 e. The van der Waals surface area contributed by atoms with Gasteiger partial charge < -0.3 is 10.4 Å². The van der Waals surface area contributed by atoms with Crippen molar-refractivity contribution in [2.24, 2.45) is 5.92 Å². The summed E-state index contributed by atoms with van der Waals surface area (Å²) in [5.74, 6) is -3.63. The maximum atomic E-state index is 13.5. The van der Waals surface area contributed by atoms with E-state index >= 15 is 0 Å². The van der Waals surface area contributed by atoms with Gasteiger partial charge in [0, 0.05) is 29.9 Å². The predicted molar refractivity (Wildman–Crippen MR) is 127 cm³/mol. The van der Waals surface area contributed by atoms with Crippen LogP contribution < -0.4 is 5.32 Å². The lowest BCUT2D eigenvalue weighted by molar-refractivity contribution is 0.0940. The lowest BCUT2D eigenvalue weighted by Crippen LogP contribution is -2.31. The minimum absolute atomic E-state index is 0.141. The van der Waals surface area contributed by atoms with Gasteiger partial charge in [0.25, 0.3) is 5.91 Å². The molecule has 34 heavy (non-hydrogen) atoms. The lowest BCUT2D eigenvalue weighted by Gasteiger charge is -2.28. The van der Waals surface area contributed by atoms with Crippen molar-refractivity contribution in [3.8, 4) is 16.2 Å². The molecule has 1 saturated carbocycles. The summed E-state index contributed by atoms with van der Waals surface area (Å²) in [6, 6.07) is 8.29. The zero-order valence-electron chi connectivity index (χ0n) is 18.6. The average Bonchev–Trinajstić information content (AvgIpc) is 3.46. The summed E-state index contributed by atoms with van der Waals surface area (Å²) >= 11 is 1.67. The lowest BCUT2D eigenvalue weighted by atomic mass is 9.86. The first kappa shape index (κ1) is 22.5. The van der Waals surface area contributed by atoms with Crippen molar-refractivity contribution in [3.63, 3.8) is 0 Å². The van der Waals surface area contributed by atoms with E-state index in [0.717, 1.165) is 64.2 Å². The number of aryl methyl sites for hydroxylation is 1. The summed E-state index contributed by atoms with van der Waals surface area (Å²) in [5, 5.41) is 18.9. The highest BCUT2D eigenvalue weighted by atomic mass is 32.1. The number of carbonyl (C=O) groups excluding carboxylic acids is 1. The van der Waals surface area contributed by atoms with E-state index in [1.165, 1.54) is 0 Å². The molecule has 2 aromatic carbocycles. The third kappa shape index (κ3) is 4.52. The molecule has 1 aliphatic rings. The molecule has 0 saturated heterocycles. The Balaban J connectivity index is 1.18. The van der Waals surface area contributed by atoms with E-state index in [0.29, 0.717) is 12.6 Å². The van der Waals surface area contributed by atoms with Crippen molar-refractivity contribution in [1.82, 2.24) is 20.1 Å². The Hall–Kier alpha value is -3.33. The molecule has 0 bridgehead atoms. The van der Waals surface area contributed by atoms with Gasteiger partial charge in [-0.05, 0) is 62.3 Å². The first-order valence-electron chi connectivity index (χ1n) is 11.3. The van der Waals surface area contributed by atoms with Crippen molar-refractivity contribution in [1.29, 1.82) is 0 Å². The fourth-order valence-corrected chi connectivity index (χ4v) is 5.29. The Morgan fingerprint density at radius 3 is 2.59 bits per heavy atom. The molecule has 2 aromatic heterocycles. The Kier molecular flexibility index (Phi) is 6.03. The maximum Gasteiger partial charge on any atom is 0.251 e. The molecule has 9 heteroatoms. The highest BCUT2D eigenvalue weighted by Crippen LogP contribution is 2.34. The van der Waals surface area contributed by atoms with Crippen LogP contribution in [0.2, 0.25) is 0 Å². The third-order valence-corrected chi connectivity index (χ3v) is 7.41. The predicted octanol–water partition coefficient (Wildman–Crippen LogP) is 5.61. The van der Waals surface area contributed by atoms with Crippen LogP contribution in [0.25, 0.3) is 21.3 Å². The number of phenolic OH excluding ortho intramolecular Hbond substituents is 1. The van der Waals surface area contributed by atoms with Crippen LogP contribution in [0.1, 0.15) is 47.1 Å². The molecule has 2 heterocycles. The van der Waals surface area contributed by atoms with Crippen LogP contribution in [0.3, 0.4) is 0 Å². The Morgan fingerprint density at radius 2 is 1.91 bits per heavy atom. The van der Waals surface area contributed by atoms with Crippen LogP contribution >= 0.6 is 11.3 Å². The van der Waals surface area contributed by atoms with Gasteiger partial charge in [-0.2, -0.15) is 5.10 Å². The number of fused-ring (bicyclic) bond motifs is 1. The molecule has 6 nitrogen and oxygen atoms in total. The Bertz CT molecular complexity index is 1340. The summed E-state index contributed by atoms with van der Waals surface area (Å²) in [6.07, 6.45) is 7.72. The number of thiazole rings is 1. The van der Waals surface area contributed by atoms with Gasteiger partial charge in [-0.1, -0.05) is 12.1 Å². The van der Waals surface area contributed by atoms with Crippen LogP contribution in [0.5, 0.6) is 5.75 Å². The molecule has 0 atom stereocenters. The number of amides is 1. The van der Waals surface area contributed by atoms with E-state index in [9.17, 15) is 18.7 Å². The van der Waals surface area contributed by atoms with E-state index in [1.807, 2.05) is 13.1 Å². The fourth-order valence-electron chi connectivity index (χ4n) is 4.52. The second kappa shape index (κ2) is 9.13. The van der Waals surface area contributed by atoms with Gasteiger partial charge in [-0.3, -0.25) is 9.48 Å². The number of halogens is 2. The summed E-state index contributed by atoms with van der Waals surface area (Å²) < 4.78 is 29.1. The molecular formula is C25H24F2N4O2S. The van der Waals surface area contributed by atoms with Gasteiger partial charge in [0.15, 0.2) is 17.4 Å². The number of carbonyl (C=O) groups is 1. The summed E-state index contributed by atoms with van der Waals surface area (Å²) in [4.78, 5) is 17.7. The molecule has 1 aliphatic carbocycles. The molecule has 1 amide bonds. The zero-order valence-corrected chi connectivity index (χ0v) is 19.4. The number of hydrogen-bond donors (Lipinski definition) is 2. The minimum Gasteiger partial charge on any atom is -0.503 e. The number of aromatic nitrogens is 3. The van der Waals surface area contributed by atoms with E-state index in [4.69, 9.17) is 5.10 Å². The molecule has 0 radical (unpaired) electrons. The van der Waals surface area contributed by atoms with Gasteiger partial charge >= 0.3 is 0 Å². The van der Waals surface area contributed by atoms with Crippen molar-refractivity contribution in [2.45, 2.75) is 38.6 Å². The highest BCUT2D eigenvalue weighted by Gasteiger charge is 2.24. The fraction of sp³-hybridized carbons (Fsp3) is 0.320. The van der Waals surface area contributed by atoms with Crippen molar-refractivity contribution >= 4 is 28.1 Å². The zero-order chi connectivity index (χ0) is 23.8. The van der Waals surface area contributed by atoms with Crippen LogP contribution in [0.15, 0.2) is 42.7 Å². The molecule has 2 N–H and O–H groups in total. The number of hydrogen-bond acceptors (Lipinski definition) is 5. The monoisotopic (exact) mass is 482 g/mol. The number of nitrogens with one attached hydrogen (secondary N) is 1. The van der Waals surface area contributed by atoms with Gasteiger partial charge in [-0.25, -0.2) is 13.8 Å². The Labute approximate surface area is 199 Å². The second-order valence-electron chi connectivity index (χ2n) is 8.80. The van der Waals surface area contributed by atoms with Crippen molar-refractivity contribution < 1.29 is 18.7 Å². The van der Waals surface area contributed by atoms with Gasteiger partial charge in [0.1, 0.15) is 0 Å². The molecular weight excluding hydrogens is 458 g/mol. The van der Waals surface area contributed by atoms with Crippen molar-refractivity contribution in [2.75, 3.05) is 6.54 Å². The topological polar surface area (TPSA) is 80.0 Å². The number of benzene rings is 2. The highest BCUT2D eigenvalue weighted by molar-refractivity contribution is 7.15. The van der Waals surface area contributed by atoms with Crippen LogP contribution in [-0.4, -0.2) is 32.3 Å². The van der Waals surface area contributed by atoms with Crippen LogP contribution in [-0.2, 0) is 0 Å². The van der Waals surface area contributed by atoms with Crippen LogP contribution in [0, 0.1) is 24.5 Å². The second-order valence-corrected chi connectivity index (χ2v) is 10.0. The average molecular weight is 483 g/mol. The van der Waals surface area contributed by atoms with E-state index in [2.05, 4.69) is 39.4 Å². The number of aromatic hydroxyl groups is 1. The number of phenols is 1. The summed E-state index contributed by atoms with van der Waals surface area (Å²) in [5.41, 5.74) is 1.94. The normalized spacial score (nSPS) is 18.3. The molecule has 0 unspecified atom stereocenters. The van der Waals surface area contributed by atoms with E-state index in [-0.39, 0.29) is 11.5 Å². The molecule has 0 aliphatic heterocycles. The van der Waals surface area contributed by atoms with Gasteiger partial charge in [-0.15, -0.1) is 11.3 Å². The number of rotatable bonds is 5. The number of nitrogens with zero attached hydrogens (tertiary/aromatic N) is 3. The molecule has 1 fully saturated rings. The quantitative estimate of drug-likeness (QED) is 0.387. The van der Waals surface area contributed by atoms with Gasteiger partial charge in [0.05, 0.1) is 21.4 Å². The first-order valence-corrected chi connectivity index (χ1v) is 12.1. The largest absolute Gasteiger partial charge is 0.503 e.